The molecule has 1 saturated heterocycles. The first kappa shape index (κ1) is 38.9. The molecule has 1 aromatic heterocycles. The Hall–Kier alpha value is 1.40. The van der Waals surface area contributed by atoms with Crippen LogP contribution in [-0.4, -0.2) is 33.5 Å². The number of aromatic nitrogens is 2. The zero-order chi connectivity index (χ0) is 22.2. The average Bonchev–Trinajstić information content (AvgIpc) is 2.86. The van der Waals surface area contributed by atoms with Crippen LogP contribution in [0.15, 0.2) is 15.8 Å². The van der Waals surface area contributed by atoms with E-state index in [1.165, 1.54) is 6.92 Å². The van der Waals surface area contributed by atoms with E-state index in [2.05, 4.69) is 13.1 Å². The summed E-state index contributed by atoms with van der Waals surface area (Å²) in [5.74, 6) is 0. The van der Waals surface area contributed by atoms with Crippen molar-refractivity contribution in [2.75, 3.05) is 6.61 Å². The molecule has 1 aliphatic rings. The van der Waals surface area contributed by atoms with Crippen LogP contribution in [0.2, 0.25) is 0 Å². The fourth-order valence-corrected chi connectivity index (χ4v) is 5.15. The van der Waals surface area contributed by atoms with Gasteiger partial charge in [0.15, 0.2) is 0 Å². The maximum absolute atomic E-state index is 11.8. The van der Waals surface area contributed by atoms with Gasteiger partial charge in [0, 0.05) is 18.2 Å². The first-order valence-corrected chi connectivity index (χ1v) is 11.8. The summed E-state index contributed by atoms with van der Waals surface area (Å²) in [5.41, 5.74) is -1.35. The molecule has 5 atom stereocenters. The van der Waals surface area contributed by atoms with Crippen molar-refractivity contribution >= 4 is 23.5 Å². The molecular weight excluding hydrogens is 493 g/mol. The monoisotopic (exact) mass is 506 g/mol. The molecule has 23 heteroatoms. The fourth-order valence-electron chi connectivity index (χ4n) is 2.28. The predicted octanol–water partition coefficient (Wildman–Crippen LogP) is -15.7. The molecule has 2 unspecified atom stereocenters. The zero-order valence-electron chi connectivity index (χ0n) is 18.3. The van der Waals surface area contributed by atoms with E-state index < -0.39 is 59.8 Å². The molecule has 1 aliphatic heterocycles. The Labute approximate surface area is 234 Å². The second-order valence-electron chi connectivity index (χ2n) is 5.71. The topological polar surface area (TPSA) is 255 Å². The normalized spacial score (nSPS) is 23.5. The SMILES string of the molecule is Cc1cn([C@H]2C[C@H](O)[C@@H](COP(=O)([O-])OP(=O)([O-])OP(=O)([O-])[O-])O2)c(=O)[nH]c1=O.[Li+].[Li+].[Li+].[Li+]. The summed E-state index contributed by atoms with van der Waals surface area (Å²) >= 11 is 0. The Morgan fingerprint density at radius 3 is 2.15 bits per heavy atom. The van der Waals surface area contributed by atoms with Crippen molar-refractivity contribution in [3.05, 3.63) is 32.6 Å². The smallest absolute Gasteiger partial charge is 0.790 e. The van der Waals surface area contributed by atoms with E-state index in [0.29, 0.717) is 0 Å². The molecule has 2 rings (SSSR count). The van der Waals surface area contributed by atoms with Crippen LogP contribution in [0.25, 0.3) is 0 Å². The van der Waals surface area contributed by atoms with Gasteiger partial charge in [0.2, 0.25) is 0 Å². The summed E-state index contributed by atoms with van der Waals surface area (Å²) in [4.78, 5) is 68.3. The van der Waals surface area contributed by atoms with Crippen molar-refractivity contribution in [3.63, 3.8) is 0 Å². The summed E-state index contributed by atoms with van der Waals surface area (Å²) in [5, 5.41) is 9.93. The molecule has 2 N–H and O–H groups in total. The zero-order valence-corrected chi connectivity index (χ0v) is 21.0. The second kappa shape index (κ2) is 15.0. The van der Waals surface area contributed by atoms with E-state index in [0.717, 1.165) is 10.8 Å². The van der Waals surface area contributed by atoms with Crippen molar-refractivity contribution in [2.24, 2.45) is 0 Å². The van der Waals surface area contributed by atoms with Crippen molar-refractivity contribution in [2.45, 2.75) is 31.8 Å². The molecular formula is C10H13Li4N2O14P3. The minimum absolute atomic E-state index is 0. The Morgan fingerprint density at radius 2 is 1.64 bits per heavy atom. The molecule has 0 spiro atoms. The molecule has 1 aromatic rings. The average molecular weight is 506 g/mol. The van der Waals surface area contributed by atoms with Crippen LogP contribution in [-0.2, 0) is 31.6 Å². The molecule has 0 radical (unpaired) electrons. The summed E-state index contributed by atoms with van der Waals surface area (Å²) in [7, 11) is -18.0. The van der Waals surface area contributed by atoms with Gasteiger partial charge in [-0.15, -0.1) is 0 Å². The summed E-state index contributed by atoms with van der Waals surface area (Å²) < 4.78 is 49.6. The van der Waals surface area contributed by atoms with Crippen LogP contribution < -0.4 is 106 Å². The molecule has 0 saturated carbocycles. The molecule has 0 bridgehead atoms. The number of nitrogens with one attached hydrogen (secondary N) is 1. The van der Waals surface area contributed by atoms with Gasteiger partial charge in [0.25, 0.3) is 21.2 Å². The minimum Gasteiger partial charge on any atom is -0.790 e. The van der Waals surface area contributed by atoms with E-state index in [1.807, 2.05) is 4.98 Å². The third kappa shape index (κ3) is 12.5. The number of H-pyrrole nitrogens is 1. The maximum atomic E-state index is 11.8. The molecule has 0 aliphatic carbocycles. The van der Waals surface area contributed by atoms with Gasteiger partial charge < -0.3 is 38.5 Å². The van der Waals surface area contributed by atoms with Gasteiger partial charge in [-0.1, -0.05) is 0 Å². The number of aryl methyl sites for hydroxylation is 1. The van der Waals surface area contributed by atoms with Crippen LogP contribution >= 0.6 is 23.5 Å². The third-order valence-corrected chi connectivity index (χ3v) is 7.12. The minimum atomic E-state index is -6.12. The molecule has 0 aromatic carbocycles. The standard InChI is InChI=1S/C10H17N2O14P3.4Li/c1-5-3-12(10(15)11-9(5)14)8-2-6(13)7(24-8)4-23-28(19,20)26-29(21,22)25-27(16,17)18;;;;/h3,6-8,13H,2,4H2,1H3,(H,19,20)(H,21,22)(H,11,14,15)(H2,16,17,18);;;;/q;4*+1/p-4/t6-,7+,8+;;;;/m0..../s1. The van der Waals surface area contributed by atoms with Gasteiger partial charge in [-0.05, 0) is 6.92 Å². The van der Waals surface area contributed by atoms with Crippen LogP contribution in [0.4, 0.5) is 0 Å². The van der Waals surface area contributed by atoms with E-state index in [-0.39, 0.29) is 87.4 Å². The summed E-state index contributed by atoms with van der Waals surface area (Å²) in [6.45, 7) is 0.402. The molecule has 16 nitrogen and oxygen atoms in total. The first-order valence-electron chi connectivity index (χ1n) is 7.45. The summed E-state index contributed by atoms with van der Waals surface area (Å²) in [6.07, 6.45) is -2.95. The second-order valence-corrected chi connectivity index (χ2v) is 9.96. The van der Waals surface area contributed by atoms with Gasteiger partial charge in [-0.25, -0.2) is 9.11 Å². The van der Waals surface area contributed by atoms with Crippen LogP contribution in [0.1, 0.15) is 18.2 Å². The number of aliphatic hydroxyl groups excluding tert-OH is 1. The molecule has 2 heterocycles. The van der Waals surface area contributed by atoms with E-state index >= 15 is 0 Å². The Morgan fingerprint density at radius 1 is 1.09 bits per heavy atom. The number of phosphoric ester groups is 1. The van der Waals surface area contributed by atoms with Gasteiger partial charge in [-0.2, -0.15) is 0 Å². The largest absolute Gasteiger partial charge is 1.00 e. The third-order valence-electron chi connectivity index (χ3n) is 3.46. The number of hydrogen-bond acceptors (Lipinski definition) is 14. The van der Waals surface area contributed by atoms with Crippen molar-refractivity contribution in [3.8, 4) is 0 Å². The first-order chi connectivity index (χ1) is 13.1. The van der Waals surface area contributed by atoms with E-state index in [4.69, 9.17) is 4.74 Å². The van der Waals surface area contributed by atoms with Crippen LogP contribution in [0.3, 0.4) is 0 Å². The van der Waals surface area contributed by atoms with Crippen LogP contribution in [0.5, 0.6) is 0 Å². The number of ether oxygens (including phenoxy) is 1. The number of nitrogens with zero attached hydrogens (tertiary/aromatic N) is 1. The Balaban J connectivity index is -0.00000225. The quantitative estimate of drug-likeness (QED) is 0.245. The predicted molar refractivity (Wildman–Crippen MR) is 81.5 cm³/mol. The number of hydrogen-bond donors (Lipinski definition) is 2. The van der Waals surface area contributed by atoms with Crippen molar-refractivity contribution < 1.29 is 132 Å². The number of aliphatic hydroxyl groups is 1. The van der Waals surface area contributed by atoms with E-state index in [9.17, 15) is 48.0 Å². The van der Waals surface area contributed by atoms with Crippen molar-refractivity contribution in [1.82, 2.24) is 9.55 Å². The number of aromatic amines is 1. The molecule has 0 amide bonds. The van der Waals surface area contributed by atoms with Crippen LogP contribution in [0, 0.1) is 6.92 Å². The van der Waals surface area contributed by atoms with Crippen molar-refractivity contribution in [1.29, 1.82) is 0 Å². The van der Waals surface area contributed by atoms with Gasteiger partial charge in [0.05, 0.1) is 20.5 Å². The summed E-state index contributed by atoms with van der Waals surface area (Å²) in [6, 6.07) is 0. The maximum Gasteiger partial charge on any atom is 1.00 e. The molecule has 166 valence electrons. The van der Waals surface area contributed by atoms with Gasteiger partial charge >= 0.3 is 81.1 Å². The molecule has 1 fully saturated rings. The molecule has 33 heavy (non-hydrogen) atoms. The number of rotatable bonds is 8. The van der Waals surface area contributed by atoms with Gasteiger partial charge in [0.1, 0.15) is 12.3 Å². The van der Waals surface area contributed by atoms with Gasteiger partial charge in [-0.3, -0.25) is 27.8 Å². The Kier molecular flexibility index (Phi) is 17.7. The van der Waals surface area contributed by atoms with E-state index in [1.54, 1.807) is 0 Å². The Bertz CT molecular complexity index is 1030. The fraction of sp³-hybridized carbons (Fsp3) is 0.600. The number of phosphoric acid groups is 3.